The highest BCUT2D eigenvalue weighted by Crippen LogP contribution is 2.36. The van der Waals surface area contributed by atoms with Gasteiger partial charge in [0.1, 0.15) is 18.1 Å². The number of rotatable bonds is 9. The number of benzene rings is 3. The monoisotopic (exact) mass is 523 g/mol. The van der Waals surface area contributed by atoms with E-state index in [1.165, 1.54) is 35.2 Å². The minimum atomic E-state index is -0.533. The molecule has 192 valence electrons. The first kappa shape index (κ1) is 26.3. The Balaban J connectivity index is 1.65. The fraction of sp³-hybridized carbons (Fsp3) is 0.250. The van der Waals surface area contributed by atoms with Gasteiger partial charge in [-0.2, -0.15) is 5.10 Å². The van der Waals surface area contributed by atoms with Gasteiger partial charge in [0.05, 0.1) is 25.5 Å². The molecule has 0 saturated heterocycles. The molecular weight excluding hydrogens is 497 g/mol. The van der Waals surface area contributed by atoms with Crippen molar-refractivity contribution in [1.82, 2.24) is 9.91 Å². The fourth-order valence-corrected chi connectivity index (χ4v) is 4.46. The molecule has 3 aromatic rings. The minimum Gasteiger partial charge on any atom is -0.497 e. The Hall–Kier alpha value is -3.75. The number of hydrazone groups is 1. The lowest BCUT2D eigenvalue weighted by atomic mass is 9.98. The van der Waals surface area contributed by atoms with E-state index in [4.69, 9.17) is 21.1 Å². The normalized spacial score (nSPS) is 14.9. The van der Waals surface area contributed by atoms with Gasteiger partial charge in [0.25, 0.3) is 11.8 Å². The van der Waals surface area contributed by atoms with Crippen molar-refractivity contribution in [3.05, 3.63) is 100 Å². The van der Waals surface area contributed by atoms with Crippen molar-refractivity contribution in [2.24, 2.45) is 5.10 Å². The van der Waals surface area contributed by atoms with Crippen LogP contribution in [0.4, 0.5) is 4.39 Å². The molecule has 0 spiro atoms. The summed E-state index contributed by atoms with van der Waals surface area (Å²) in [5.74, 6) is -0.737. The lowest BCUT2D eigenvalue weighted by Gasteiger charge is -2.27. The van der Waals surface area contributed by atoms with Gasteiger partial charge >= 0.3 is 0 Å². The summed E-state index contributed by atoms with van der Waals surface area (Å²) < 4.78 is 24.3. The maximum absolute atomic E-state index is 13.8. The Morgan fingerprint density at radius 3 is 2.59 bits per heavy atom. The van der Waals surface area contributed by atoms with Crippen molar-refractivity contribution in [3.63, 3.8) is 0 Å². The van der Waals surface area contributed by atoms with E-state index in [0.717, 1.165) is 17.2 Å². The third kappa shape index (κ3) is 6.15. The summed E-state index contributed by atoms with van der Waals surface area (Å²) in [5.41, 5.74) is 2.41. The van der Waals surface area contributed by atoms with Crippen molar-refractivity contribution in [2.75, 3.05) is 33.9 Å². The third-order valence-electron chi connectivity index (χ3n) is 6.08. The van der Waals surface area contributed by atoms with Crippen LogP contribution < -0.4 is 4.74 Å². The second-order valence-corrected chi connectivity index (χ2v) is 8.90. The molecule has 9 heteroatoms. The number of carbonyl (C=O) groups excluding carboxylic acids is 2. The Bertz CT molecular complexity index is 1320. The van der Waals surface area contributed by atoms with Crippen LogP contribution in [0.1, 0.15) is 33.9 Å². The zero-order valence-electron chi connectivity index (χ0n) is 20.6. The SMILES string of the molecule is COCCN(CC(=O)N1N=C(c2cccc(OC)c2)C[C@H]1c1ccccc1Cl)C(=O)c1cccc(F)c1. The first-order chi connectivity index (χ1) is 17.9. The highest BCUT2D eigenvalue weighted by molar-refractivity contribution is 6.31. The Labute approximate surface area is 220 Å². The van der Waals surface area contributed by atoms with Crippen molar-refractivity contribution in [2.45, 2.75) is 12.5 Å². The topological polar surface area (TPSA) is 71.4 Å². The van der Waals surface area contributed by atoms with E-state index < -0.39 is 23.7 Å². The maximum atomic E-state index is 13.8. The highest BCUT2D eigenvalue weighted by atomic mass is 35.5. The van der Waals surface area contributed by atoms with E-state index in [1.807, 2.05) is 42.5 Å². The number of methoxy groups -OCH3 is 2. The van der Waals surface area contributed by atoms with Crippen LogP contribution in [-0.2, 0) is 9.53 Å². The smallest absolute Gasteiger partial charge is 0.262 e. The number of hydrogen-bond donors (Lipinski definition) is 0. The third-order valence-corrected chi connectivity index (χ3v) is 6.43. The predicted octanol–water partition coefficient (Wildman–Crippen LogP) is 4.95. The molecule has 0 unspecified atom stereocenters. The van der Waals surface area contributed by atoms with Gasteiger partial charge in [-0.05, 0) is 42.0 Å². The van der Waals surface area contributed by atoms with Gasteiger partial charge in [-0.3, -0.25) is 9.59 Å². The van der Waals surface area contributed by atoms with E-state index in [9.17, 15) is 14.0 Å². The van der Waals surface area contributed by atoms with Gasteiger partial charge < -0.3 is 14.4 Å². The summed E-state index contributed by atoms with van der Waals surface area (Å²) >= 11 is 6.51. The Morgan fingerprint density at radius 2 is 1.86 bits per heavy atom. The molecule has 1 heterocycles. The summed E-state index contributed by atoms with van der Waals surface area (Å²) in [5, 5.41) is 6.57. The molecule has 0 aliphatic carbocycles. The minimum absolute atomic E-state index is 0.147. The maximum Gasteiger partial charge on any atom is 0.262 e. The molecule has 0 saturated carbocycles. The number of hydrogen-bond acceptors (Lipinski definition) is 5. The number of amides is 2. The van der Waals surface area contributed by atoms with Gasteiger partial charge in [-0.15, -0.1) is 0 Å². The van der Waals surface area contributed by atoms with Crippen LogP contribution in [-0.4, -0.2) is 61.4 Å². The zero-order chi connectivity index (χ0) is 26.4. The van der Waals surface area contributed by atoms with Crippen LogP contribution in [0.5, 0.6) is 5.75 Å². The van der Waals surface area contributed by atoms with E-state index in [-0.39, 0.29) is 25.3 Å². The molecule has 0 aromatic heterocycles. The molecule has 0 radical (unpaired) electrons. The summed E-state index contributed by atoms with van der Waals surface area (Å²) in [6, 6.07) is 19.7. The number of nitrogens with zero attached hydrogens (tertiary/aromatic N) is 3. The van der Waals surface area contributed by atoms with Crippen LogP contribution >= 0.6 is 11.6 Å². The van der Waals surface area contributed by atoms with Crippen LogP contribution in [0, 0.1) is 5.82 Å². The summed E-state index contributed by atoms with van der Waals surface area (Å²) in [6.07, 6.45) is 0.429. The van der Waals surface area contributed by atoms with E-state index in [0.29, 0.717) is 22.9 Å². The van der Waals surface area contributed by atoms with Gasteiger partial charge in [-0.1, -0.05) is 48.0 Å². The van der Waals surface area contributed by atoms with Crippen molar-refractivity contribution >= 4 is 29.1 Å². The lowest BCUT2D eigenvalue weighted by molar-refractivity contribution is -0.133. The quantitative estimate of drug-likeness (QED) is 0.398. The molecule has 37 heavy (non-hydrogen) atoms. The van der Waals surface area contributed by atoms with E-state index >= 15 is 0 Å². The molecular formula is C28H27ClFN3O4. The zero-order valence-corrected chi connectivity index (χ0v) is 21.3. The largest absolute Gasteiger partial charge is 0.497 e. The molecule has 7 nitrogen and oxygen atoms in total. The van der Waals surface area contributed by atoms with Crippen LogP contribution in [0.2, 0.25) is 5.02 Å². The number of halogens is 2. The first-order valence-electron chi connectivity index (χ1n) is 11.7. The molecule has 0 fully saturated rings. The standard InChI is InChI=1S/C28H27ClFN3O4/c1-36-14-13-32(28(35)20-8-5-9-21(30)15-20)18-27(34)33-26(23-11-3-4-12-24(23)29)17-25(31-33)19-7-6-10-22(16-19)37-2/h3-12,15-16,26H,13-14,17-18H2,1-2H3/t26-/m0/s1. The highest BCUT2D eigenvalue weighted by Gasteiger charge is 2.35. The van der Waals surface area contributed by atoms with E-state index in [2.05, 4.69) is 5.10 Å². The number of ether oxygens (including phenoxy) is 2. The molecule has 2 amide bonds. The second-order valence-electron chi connectivity index (χ2n) is 8.49. The average Bonchev–Trinajstić information content (AvgIpc) is 3.36. The lowest BCUT2D eigenvalue weighted by Crippen LogP contribution is -2.42. The predicted molar refractivity (Wildman–Crippen MR) is 139 cm³/mol. The molecule has 1 aliphatic rings. The molecule has 0 bridgehead atoms. The van der Waals surface area contributed by atoms with Crippen molar-refractivity contribution in [1.29, 1.82) is 0 Å². The Kier molecular flexibility index (Phi) is 8.53. The van der Waals surface area contributed by atoms with Crippen molar-refractivity contribution < 1.29 is 23.5 Å². The summed E-state index contributed by atoms with van der Waals surface area (Å²) in [7, 11) is 3.09. The first-order valence-corrected chi connectivity index (χ1v) is 12.1. The van der Waals surface area contributed by atoms with E-state index in [1.54, 1.807) is 13.2 Å². The molecule has 0 N–H and O–H groups in total. The Morgan fingerprint density at radius 1 is 1.08 bits per heavy atom. The molecule has 3 aromatic carbocycles. The summed E-state index contributed by atoms with van der Waals surface area (Å²) in [6.45, 7) is 0.0871. The van der Waals surface area contributed by atoms with Gasteiger partial charge in [-0.25, -0.2) is 9.40 Å². The average molecular weight is 524 g/mol. The van der Waals surface area contributed by atoms with Crippen LogP contribution in [0.25, 0.3) is 0 Å². The van der Waals surface area contributed by atoms with Crippen LogP contribution in [0.3, 0.4) is 0 Å². The fourth-order valence-electron chi connectivity index (χ4n) is 4.20. The molecule has 1 aliphatic heterocycles. The van der Waals surface area contributed by atoms with Gasteiger partial charge in [0, 0.05) is 36.2 Å². The van der Waals surface area contributed by atoms with Crippen LogP contribution in [0.15, 0.2) is 77.9 Å². The summed E-state index contributed by atoms with van der Waals surface area (Å²) in [4.78, 5) is 28.2. The van der Waals surface area contributed by atoms with Crippen molar-refractivity contribution in [3.8, 4) is 5.75 Å². The molecule has 4 rings (SSSR count). The van der Waals surface area contributed by atoms with Gasteiger partial charge in [0.2, 0.25) is 0 Å². The molecule has 1 atom stereocenters. The number of carbonyl (C=O) groups is 2. The second kappa shape index (κ2) is 12.0. The van der Waals surface area contributed by atoms with Gasteiger partial charge in [0.15, 0.2) is 0 Å².